The van der Waals surface area contributed by atoms with Crippen LogP contribution in [0.2, 0.25) is 0 Å². The molecule has 0 bridgehead atoms. The summed E-state index contributed by atoms with van der Waals surface area (Å²) >= 11 is 1.23. The Hall–Kier alpha value is -2.76. The molecule has 4 rings (SSSR count). The smallest absolute Gasteiger partial charge is 0.256 e. The third-order valence-corrected chi connectivity index (χ3v) is 9.54. The number of carbonyl (C=O) groups excluding carboxylic acids is 3. The predicted octanol–water partition coefficient (Wildman–Crippen LogP) is 2.67. The summed E-state index contributed by atoms with van der Waals surface area (Å²) in [6, 6.07) is 5.81. The van der Waals surface area contributed by atoms with Gasteiger partial charge in [0, 0.05) is 37.0 Å². The molecule has 3 N–H and O–H groups in total. The number of carbonyl (C=O) groups is 3. The molecule has 3 amide bonds. The Kier molecular flexibility index (Phi) is 7.03. The number of hydrogen-bond acceptors (Lipinski definition) is 6. The summed E-state index contributed by atoms with van der Waals surface area (Å²) in [6.07, 6.45) is 1.48. The zero-order valence-corrected chi connectivity index (χ0v) is 21.7. The molecule has 2 aromatic rings. The van der Waals surface area contributed by atoms with Crippen molar-refractivity contribution in [2.45, 2.75) is 45.1 Å². The van der Waals surface area contributed by atoms with Gasteiger partial charge in [0.25, 0.3) is 11.8 Å². The zero-order chi connectivity index (χ0) is 25.5. The Labute approximate surface area is 209 Å². The number of hydrogen-bond donors (Lipinski definition) is 2. The first kappa shape index (κ1) is 25.3. The molecule has 2 aliphatic rings. The lowest BCUT2D eigenvalue weighted by molar-refractivity contribution is -0.129. The lowest BCUT2D eigenvalue weighted by atomic mass is 9.94. The van der Waals surface area contributed by atoms with Crippen LogP contribution < -0.4 is 11.1 Å². The van der Waals surface area contributed by atoms with E-state index in [0.717, 1.165) is 16.9 Å². The second kappa shape index (κ2) is 9.71. The molecule has 0 unspecified atom stereocenters. The number of piperidine rings is 1. The first-order valence-corrected chi connectivity index (χ1v) is 13.8. The van der Waals surface area contributed by atoms with Crippen LogP contribution in [0.5, 0.6) is 0 Å². The van der Waals surface area contributed by atoms with Crippen LogP contribution in [-0.4, -0.2) is 55.0 Å². The number of benzene rings is 1. The second-order valence-electron chi connectivity index (χ2n) is 9.51. The fraction of sp³-hybridized carbons (Fsp3) is 0.458. The average Bonchev–Trinajstić information content (AvgIpc) is 3.15. The van der Waals surface area contributed by atoms with E-state index in [1.807, 2.05) is 13.8 Å². The summed E-state index contributed by atoms with van der Waals surface area (Å²) < 4.78 is 27.7. The Morgan fingerprint density at radius 1 is 1.09 bits per heavy atom. The van der Waals surface area contributed by atoms with E-state index >= 15 is 0 Å². The number of sulfonamides is 1. The van der Waals surface area contributed by atoms with Crippen molar-refractivity contribution < 1.29 is 22.8 Å². The van der Waals surface area contributed by atoms with E-state index in [1.165, 1.54) is 46.8 Å². The maximum atomic E-state index is 13.1. The fourth-order valence-electron chi connectivity index (χ4n) is 4.93. The third-order valence-electron chi connectivity index (χ3n) is 6.57. The molecular formula is C24H30N4O5S2. The molecule has 35 heavy (non-hydrogen) atoms. The molecule has 0 aliphatic carbocycles. The summed E-state index contributed by atoms with van der Waals surface area (Å²) in [6.45, 7) is 7.40. The maximum Gasteiger partial charge on any atom is 0.256 e. The van der Waals surface area contributed by atoms with E-state index in [-0.39, 0.29) is 33.8 Å². The second-order valence-corrected chi connectivity index (χ2v) is 12.6. The van der Waals surface area contributed by atoms with Gasteiger partial charge in [0.2, 0.25) is 15.9 Å². The van der Waals surface area contributed by atoms with Crippen LogP contribution in [0, 0.1) is 11.8 Å². The molecule has 2 aliphatic heterocycles. The van der Waals surface area contributed by atoms with Crippen molar-refractivity contribution in [2.24, 2.45) is 17.6 Å². The van der Waals surface area contributed by atoms with Gasteiger partial charge in [0.15, 0.2) is 0 Å². The van der Waals surface area contributed by atoms with Crippen LogP contribution in [0.1, 0.15) is 58.3 Å². The molecule has 11 heteroatoms. The molecule has 2 atom stereocenters. The van der Waals surface area contributed by atoms with E-state index in [2.05, 4.69) is 5.32 Å². The molecule has 0 saturated carbocycles. The molecule has 9 nitrogen and oxygen atoms in total. The van der Waals surface area contributed by atoms with Crippen molar-refractivity contribution in [3.8, 4) is 0 Å². The van der Waals surface area contributed by atoms with Gasteiger partial charge in [0.05, 0.1) is 17.0 Å². The number of fused-ring (bicyclic) bond motifs is 1. The van der Waals surface area contributed by atoms with Gasteiger partial charge in [-0.15, -0.1) is 11.3 Å². The van der Waals surface area contributed by atoms with E-state index in [1.54, 1.807) is 4.90 Å². The highest BCUT2D eigenvalue weighted by molar-refractivity contribution is 7.89. The number of nitrogens with one attached hydrogen (secondary N) is 1. The highest BCUT2D eigenvalue weighted by Gasteiger charge is 2.32. The molecule has 1 aromatic heterocycles. The number of nitrogens with zero attached hydrogens (tertiary/aromatic N) is 2. The molecule has 0 spiro atoms. The normalized spacial score (nSPS) is 20.8. The van der Waals surface area contributed by atoms with Crippen LogP contribution in [0.15, 0.2) is 29.2 Å². The zero-order valence-electron chi connectivity index (χ0n) is 20.0. The van der Waals surface area contributed by atoms with Crippen molar-refractivity contribution in [3.05, 3.63) is 45.8 Å². The van der Waals surface area contributed by atoms with E-state index in [9.17, 15) is 22.8 Å². The molecule has 188 valence electrons. The minimum atomic E-state index is -3.65. The number of rotatable bonds is 5. The SMILES string of the molecule is CC(=O)N1CCc2c(sc(NC(=O)c3ccc(S(=O)(=O)N4C[C@H](C)C[C@@H](C)C4)cc3)c2C(N)=O)C1. The number of thiophene rings is 1. The first-order chi connectivity index (χ1) is 16.5. The third kappa shape index (κ3) is 5.12. The fourth-order valence-corrected chi connectivity index (χ4v) is 7.87. The lowest BCUT2D eigenvalue weighted by Gasteiger charge is -2.34. The first-order valence-electron chi connectivity index (χ1n) is 11.6. The minimum Gasteiger partial charge on any atom is -0.365 e. The Morgan fingerprint density at radius 3 is 2.29 bits per heavy atom. The van der Waals surface area contributed by atoms with Gasteiger partial charge in [-0.25, -0.2) is 8.42 Å². The molecule has 3 heterocycles. The largest absolute Gasteiger partial charge is 0.365 e. The Bertz CT molecular complexity index is 1260. The maximum absolute atomic E-state index is 13.1. The summed E-state index contributed by atoms with van der Waals surface area (Å²) in [5, 5.41) is 3.10. The Balaban J connectivity index is 1.53. The van der Waals surface area contributed by atoms with Crippen molar-refractivity contribution in [3.63, 3.8) is 0 Å². The molecule has 1 aromatic carbocycles. The van der Waals surface area contributed by atoms with Crippen LogP contribution in [0.4, 0.5) is 5.00 Å². The highest BCUT2D eigenvalue weighted by atomic mass is 32.2. The number of nitrogens with two attached hydrogens (primary N) is 1. The summed E-state index contributed by atoms with van der Waals surface area (Å²) in [7, 11) is -3.65. The summed E-state index contributed by atoms with van der Waals surface area (Å²) in [5.74, 6) is -0.590. The van der Waals surface area contributed by atoms with Gasteiger partial charge in [-0.3, -0.25) is 14.4 Å². The van der Waals surface area contributed by atoms with Crippen LogP contribution in [0.3, 0.4) is 0 Å². The number of anilines is 1. The van der Waals surface area contributed by atoms with Gasteiger partial charge in [-0.05, 0) is 54.5 Å². The van der Waals surface area contributed by atoms with Crippen molar-refractivity contribution in [2.75, 3.05) is 25.0 Å². The minimum absolute atomic E-state index is 0.0567. The molecular weight excluding hydrogens is 488 g/mol. The lowest BCUT2D eigenvalue weighted by Crippen LogP contribution is -2.42. The Morgan fingerprint density at radius 2 is 1.71 bits per heavy atom. The van der Waals surface area contributed by atoms with E-state index in [0.29, 0.717) is 37.6 Å². The average molecular weight is 519 g/mol. The topological polar surface area (TPSA) is 130 Å². The number of amides is 3. The molecule has 0 radical (unpaired) electrons. The summed E-state index contributed by atoms with van der Waals surface area (Å²) in [5.41, 5.74) is 6.91. The van der Waals surface area contributed by atoms with Crippen molar-refractivity contribution in [1.29, 1.82) is 0 Å². The highest BCUT2D eigenvalue weighted by Crippen LogP contribution is 2.37. The molecule has 1 saturated heterocycles. The summed E-state index contributed by atoms with van der Waals surface area (Å²) in [4.78, 5) is 39.5. The van der Waals surface area contributed by atoms with Gasteiger partial charge < -0.3 is 16.0 Å². The van der Waals surface area contributed by atoms with Gasteiger partial charge in [-0.2, -0.15) is 4.31 Å². The van der Waals surface area contributed by atoms with Crippen molar-refractivity contribution >= 4 is 44.1 Å². The van der Waals surface area contributed by atoms with Crippen LogP contribution >= 0.6 is 11.3 Å². The monoisotopic (exact) mass is 518 g/mol. The van der Waals surface area contributed by atoms with Crippen molar-refractivity contribution in [1.82, 2.24) is 9.21 Å². The van der Waals surface area contributed by atoms with Crippen LogP contribution in [0.25, 0.3) is 0 Å². The molecule has 1 fully saturated rings. The van der Waals surface area contributed by atoms with Crippen LogP contribution in [-0.2, 0) is 27.8 Å². The predicted molar refractivity (Wildman–Crippen MR) is 134 cm³/mol. The van der Waals surface area contributed by atoms with Gasteiger partial charge >= 0.3 is 0 Å². The van der Waals surface area contributed by atoms with E-state index in [4.69, 9.17) is 5.73 Å². The quantitative estimate of drug-likeness (QED) is 0.629. The van der Waals surface area contributed by atoms with Gasteiger partial charge in [-0.1, -0.05) is 13.8 Å². The standard InChI is InChI=1S/C24H30N4O5S2/c1-14-10-15(2)12-28(11-14)35(32,33)18-6-4-17(5-7-18)23(31)26-24-21(22(25)30)19-8-9-27(16(3)29)13-20(19)34-24/h4-7,14-15H,8-13H2,1-3H3,(H2,25,30)(H,26,31)/t14-,15-/m1/s1. The van der Waals surface area contributed by atoms with E-state index < -0.39 is 21.8 Å². The van der Waals surface area contributed by atoms with Gasteiger partial charge in [0.1, 0.15) is 5.00 Å². The number of primary amides is 1.